The van der Waals surface area contributed by atoms with Crippen LogP contribution in [0.1, 0.15) is 41.4 Å². The van der Waals surface area contributed by atoms with Crippen molar-refractivity contribution in [3.63, 3.8) is 0 Å². The molecular weight excluding hydrogens is 304 g/mol. The summed E-state index contributed by atoms with van der Waals surface area (Å²) in [5.74, 6) is -0.906. The van der Waals surface area contributed by atoms with Crippen LogP contribution in [0.5, 0.6) is 0 Å². The number of nitrogens with zero attached hydrogens (tertiary/aromatic N) is 2. The van der Waals surface area contributed by atoms with Crippen molar-refractivity contribution < 1.29 is 19.7 Å². The van der Waals surface area contributed by atoms with Gasteiger partial charge < -0.3 is 14.9 Å². The Hall–Kier alpha value is -1.02. The van der Waals surface area contributed by atoms with Gasteiger partial charge in [-0.1, -0.05) is 0 Å². The number of aromatic nitrogens is 1. The Kier molecular flexibility index (Phi) is 4.49. The number of carboxylic acid groups (broad SMARTS) is 1. The molecule has 2 N–H and O–H groups in total. The second-order valence-corrected chi connectivity index (χ2v) is 6.99. The molecule has 7 heteroatoms. The number of likely N-dealkylation sites (tertiary alicyclic amines) is 1. The number of hydrogen-bond donors (Lipinski definition) is 2. The predicted octanol–water partition coefficient (Wildman–Crippen LogP) is 1.59. The van der Waals surface area contributed by atoms with Crippen molar-refractivity contribution in [1.29, 1.82) is 0 Å². The van der Waals surface area contributed by atoms with Gasteiger partial charge in [0.15, 0.2) is 0 Å². The van der Waals surface area contributed by atoms with Crippen LogP contribution < -0.4 is 0 Å². The van der Waals surface area contributed by atoms with Gasteiger partial charge in [-0.05, 0) is 44.4 Å². The third-order valence-electron chi connectivity index (χ3n) is 5.13. The standard InChI is InChI=1S/C15H22N2O4S/c1-2-21-12-7-11(18)15(12)3-5-17(6-4-15)9-10-8-16-22-13(10)14(19)20/h8,11-12,18H,2-7,9H2,1H3,(H,19,20). The molecule has 1 aliphatic carbocycles. The molecule has 0 radical (unpaired) electrons. The van der Waals surface area contributed by atoms with Gasteiger partial charge in [-0.2, -0.15) is 4.37 Å². The molecule has 0 aromatic carbocycles. The third-order valence-corrected chi connectivity index (χ3v) is 5.96. The molecule has 6 nitrogen and oxygen atoms in total. The molecule has 2 atom stereocenters. The van der Waals surface area contributed by atoms with Gasteiger partial charge in [0.25, 0.3) is 0 Å². The Morgan fingerprint density at radius 1 is 1.55 bits per heavy atom. The van der Waals surface area contributed by atoms with E-state index in [9.17, 15) is 9.90 Å². The first-order chi connectivity index (χ1) is 10.6. The van der Waals surface area contributed by atoms with E-state index in [1.807, 2.05) is 6.92 Å². The van der Waals surface area contributed by atoms with Crippen molar-refractivity contribution in [1.82, 2.24) is 9.27 Å². The Labute approximate surface area is 133 Å². The maximum Gasteiger partial charge on any atom is 0.347 e. The van der Waals surface area contributed by atoms with Crippen LogP contribution in [0.25, 0.3) is 0 Å². The van der Waals surface area contributed by atoms with Crippen LogP contribution in [0.4, 0.5) is 0 Å². The van der Waals surface area contributed by atoms with E-state index in [2.05, 4.69) is 9.27 Å². The van der Waals surface area contributed by atoms with Crippen LogP contribution in [0.3, 0.4) is 0 Å². The average Bonchev–Trinajstić information content (AvgIpc) is 2.96. The van der Waals surface area contributed by atoms with Crippen molar-refractivity contribution >= 4 is 17.5 Å². The van der Waals surface area contributed by atoms with Crippen LogP contribution in [-0.2, 0) is 11.3 Å². The monoisotopic (exact) mass is 326 g/mol. The predicted molar refractivity (Wildman–Crippen MR) is 82.1 cm³/mol. The fourth-order valence-electron chi connectivity index (χ4n) is 3.73. The van der Waals surface area contributed by atoms with Crippen LogP contribution in [0.2, 0.25) is 0 Å². The zero-order chi connectivity index (χ0) is 15.7. The number of ether oxygens (including phenoxy) is 1. The first-order valence-electron chi connectivity index (χ1n) is 7.75. The highest BCUT2D eigenvalue weighted by Crippen LogP contribution is 2.51. The third kappa shape index (κ3) is 2.67. The van der Waals surface area contributed by atoms with E-state index in [0.29, 0.717) is 18.0 Å². The minimum absolute atomic E-state index is 0.0883. The quantitative estimate of drug-likeness (QED) is 0.855. The Morgan fingerprint density at radius 2 is 2.27 bits per heavy atom. The van der Waals surface area contributed by atoms with Gasteiger partial charge >= 0.3 is 5.97 Å². The lowest BCUT2D eigenvalue weighted by Gasteiger charge is -2.56. The fourth-order valence-corrected chi connectivity index (χ4v) is 4.33. The van der Waals surface area contributed by atoms with Crippen molar-refractivity contribution in [3.8, 4) is 0 Å². The molecule has 1 spiro atoms. The average molecular weight is 326 g/mol. The lowest BCUT2D eigenvalue weighted by Crippen LogP contribution is -2.62. The minimum atomic E-state index is -0.906. The number of aliphatic hydroxyl groups excluding tert-OH is 1. The van der Waals surface area contributed by atoms with Gasteiger partial charge in [-0.3, -0.25) is 4.90 Å². The van der Waals surface area contributed by atoms with Gasteiger partial charge in [0.1, 0.15) is 4.88 Å². The largest absolute Gasteiger partial charge is 0.477 e. The van der Waals surface area contributed by atoms with Crippen molar-refractivity contribution in [2.75, 3.05) is 19.7 Å². The molecule has 1 aromatic rings. The summed E-state index contributed by atoms with van der Waals surface area (Å²) >= 11 is 1.03. The molecular formula is C15H22N2O4S. The number of rotatable bonds is 5. The van der Waals surface area contributed by atoms with Gasteiger partial charge in [-0.25, -0.2) is 4.79 Å². The number of carbonyl (C=O) groups is 1. The topological polar surface area (TPSA) is 82.9 Å². The summed E-state index contributed by atoms with van der Waals surface area (Å²) in [7, 11) is 0. The molecule has 2 fully saturated rings. The second-order valence-electron chi connectivity index (χ2n) is 6.19. The number of carboxylic acids is 1. The van der Waals surface area contributed by atoms with Crippen molar-refractivity contribution in [3.05, 3.63) is 16.6 Å². The first-order valence-corrected chi connectivity index (χ1v) is 8.53. The Bertz CT molecular complexity index is 537. The molecule has 3 rings (SSSR count). The summed E-state index contributed by atoms with van der Waals surface area (Å²) < 4.78 is 9.76. The van der Waals surface area contributed by atoms with Gasteiger partial charge in [-0.15, -0.1) is 0 Å². The van der Waals surface area contributed by atoms with Crippen molar-refractivity contribution in [2.45, 2.75) is 44.9 Å². The maximum absolute atomic E-state index is 11.1. The molecule has 2 aliphatic rings. The summed E-state index contributed by atoms with van der Waals surface area (Å²) in [5, 5.41) is 19.3. The molecule has 2 unspecified atom stereocenters. The van der Waals surface area contributed by atoms with E-state index in [0.717, 1.165) is 49.4 Å². The van der Waals surface area contributed by atoms with Gasteiger partial charge in [0, 0.05) is 36.7 Å². The minimum Gasteiger partial charge on any atom is -0.477 e. The molecule has 1 saturated carbocycles. The van der Waals surface area contributed by atoms with Gasteiger partial charge in [0.05, 0.1) is 12.2 Å². The summed E-state index contributed by atoms with van der Waals surface area (Å²) in [6.07, 6.45) is 4.11. The normalized spacial score (nSPS) is 27.7. The smallest absolute Gasteiger partial charge is 0.347 e. The molecule has 2 heterocycles. The van der Waals surface area contributed by atoms with Crippen LogP contribution >= 0.6 is 11.5 Å². The van der Waals surface area contributed by atoms with Crippen LogP contribution in [-0.4, -0.2) is 57.4 Å². The molecule has 1 aliphatic heterocycles. The Balaban J connectivity index is 1.60. The van der Waals surface area contributed by atoms with Crippen LogP contribution in [0.15, 0.2) is 6.20 Å². The van der Waals surface area contributed by atoms with E-state index >= 15 is 0 Å². The van der Waals surface area contributed by atoms with E-state index in [4.69, 9.17) is 9.84 Å². The molecule has 22 heavy (non-hydrogen) atoms. The fraction of sp³-hybridized carbons (Fsp3) is 0.733. The lowest BCUT2D eigenvalue weighted by atomic mass is 9.58. The highest BCUT2D eigenvalue weighted by atomic mass is 32.1. The zero-order valence-electron chi connectivity index (χ0n) is 12.7. The number of aliphatic hydroxyl groups is 1. The van der Waals surface area contributed by atoms with Crippen LogP contribution in [0, 0.1) is 5.41 Å². The zero-order valence-corrected chi connectivity index (χ0v) is 13.5. The summed E-state index contributed by atoms with van der Waals surface area (Å²) in [6.45, 7) is 5.00. The van der Waals surface area contributed by atoms with E-state index in [-0.39, 0.29) is 17.6 Å². The number of piperidine rings is 1. The molecule has 0 bridgehead atoms. The number of hydrogen-bond acceptors (Lipinski definition) is 6. The van der Waals surface area contributed by atoms with Crippen molar-refractivity contribution in [2.24, 2.45) is 5.41 Å². The first kappa shape index (κ1) is 15.9. The summed E-state index contributed by atoms with van der Waals surface area (Å²) in [6, 6.07) is 0. The highest BCUT2D eigenvalue weighted by molar-refractivity contribution is 7.08. The van der Waals surface area contributed by atoms with E-state index < -0.39 is 5.97 Å². The molecule has 1 saturated heterocycles. The van der Waals surface area contributed by atoms with E-state index in [1.165, 1.54) is 0 Å². The lowest BCUT2D eigenvalue weighted by molar-refractivity contribution is -0.209. The SMILES string of the molecule is CCOC1CC(O)C12CCN(Cc1cnsc1C(=O)O)CC2. The molecule has 0 amide bonds. The van der Waals surface area contributed by atoms with E-state index in [1.54, 1.807) is 6.20 Å². The second kappa shape index (κ2) is 6.23. The number of aromatic carboxylic acids is 1. The summed E-state index contributed by atoms with van der Waals surface area (Å²) in [5.41, 5.74) is 0.693. The summed E-state index contributed by atoms with van der Waals surface area (Å²) in [4.78, 5) is 13.7. The molecule has 122 valence electrons. The molecule has 1 aromatic heterocycles. The maximum atomic E-state index is 11.1. The van der Waals surface area contributed by atoms with Gasteiger partial charge in [0.2, 0.25) is 0 Å². The Morgan fingerprint density at radius 3 is 2.86 bits per heavy atom. The highest BCUT2D eigenvalue weighted by Gasteiger charge is 2.55.